The van der Waals surface area contributed by atoms with Gasteiger partial charge >= 0.3 is 0 Å². The highest BCUT2D eigenvalue weighted by molar-refractivity contribution is 5.12. The van der Waals surface area contributed by atoms with E-state index in [2.05, 4.69) is 0 Å². The molecule has 0 aromatic carbocycles. The summed E-state index contributed by atoms with van der Waals surface area (Å²) >= 11 is 0. The molecule has 0 aliphatic heterocycles. The molecule has 0 radical (unpaired) electrons. The first kappa shape index (κ1) is 16.2. The lowest BCUT2D eigenvalue weighted by atomic mass is 9.51. The predicted octanol–water partition coefficient (Wildman–Crippen LogP) is 1.59. The molecule has 2 fully saturated rings. The summed E-state index contributed by atoms with van der Waals surface area (Å²) in [7, 11) is 0. The maximum Gasteiger partial charge on any atom is 0.0782 e. The Labute approximate surface area is 121 Å². The Morgan fingerprint density at radius 1 is 0.800 bits per heavy atom. The Kier molecular flexibility index (Phi) is 3.78. The van der Waals surface area contributed by atoms with E-state index in [0.717, 1.165) is 6.42 Å². The Bertz CT molecular complexity index is 349. The van der Waals surface area contributed by atoms with Gasteiger partial charge in [0, 0.05) is 11.8 Å². The van der Waals surface area contributed by atoms with E-state index in [-0.39, 0.29) is 11.8 Å². The van der Waals surface area contributed by atoms with Gasteiger partial charge in [-0.1, -0.05) is 20.8 Å². The lowest BCUT2D eigenvalue weighted by Crippen LogP contribution is -2.66. The molecule has 4 N–H and O–H groups in total. The molecule has 4 atom stereocenters. The molecule has 0 saturated heterocycles. The Balaban J connectivity index is 2.41. The molecule has 4 nitrogen and oxygen atoms in total. The summed E-state index contributed by atoms with van der Waals surface area (Å²) in [5, 5.41) is 42.7. The van der Waals surface area contributed by atoms with Crippen molar-refractivity contribution in [1.29, 1.82) is 0 Å². The van der Waals surface area contributed by atoms with Crippen molar-refractivity contribution < 1.29 is 20.4 Å². The smallest absolute Gasteiger partial charge is 0.0782 e. The molecule has 0 bridgehead atoms. The van der Waals surface area contributed by atoms with Crippen molar-refractivity contribution in [2.45, 2.75) is 89.6 Å². The number of aliphatic hydroxyl groups is 4. The molecule has 4 heteroatoms. The van der Waals surface area contributed by atoms with Gasteiger partial charge in [0.2, 0.25) is 0 Å². The van der Waals surface area contributed by atoms with Crippen LogP contribution < -0.4 is 0 Å². The summed E-state index contributed by atoms with van der Waals surface area (Å²) in [6.07, 6.45) is 1.80. The zero-order valence-electron chi connectivity index (χ0n) is 13.2. The van der Waals surface area contributed by atoms with E-state index in [4.69, 9.17) is 0 Å². The van der Waals surface area contributed by atoms with Crippen LogP contribution in [0.1, 0.15) is 66.2 Å². The maximum absolute atomic E-state index is 11.3. The van der Waals surface area contributed by atoms with Gasteiger partial charge in [0.1, 0.15) is 0 Å². The summed E-state index contributed by atoms with van der Waals surface area (Å²) < 4.78 is 0. The number of rotatable bonds is 1. The normalized spacial score (nSPS) is 52.8. The first-order valence-electron chi connectivity index (χ1n) is 7.73. The molecule has 2 saturated carbocycles. The van der Waals surface area contributed by atoms with Crippen LogP contribution in [0.2, 0.25) is 0 Å². The number of hydrogen-bond acceptors (Lipinski definition) is 4. The maximum atomic E-state index is 11.3. The van der Waals surface area contributed by atoms with Crippen LogP contribution >= 0.6 is 0 Å². The van der Waals surface area contributed by atoms with Crippen LogP contribution in [-0.2, 0) is 0 Å². The molecule has 0 aromatic rings. The van der Waals surface area contributed by atoms with Crippen LogP contribution in [0.4, 0.5) is 0 Å². The van der Waals surface area contributed by atoms with Crippen molar-refractivity contribution in [3.8, 4) is 0 Å². The van der Waals surface area contributed by atoms with Crippen LogP contribution in [0, 0.1) is 10.8 Å². The average Bonchev–Trinajstić information content (AvgIpc) is 2.20. The second-order valence-electron chi connectivity index (χ2n) is 8.47. The summed E-state index contributed by atoms with van der Waals surface area (Å²) in [4.78, 5) is 0. The second-order valence-corrected chi connectivity index (χ2v) is 8.47. The van der Waals surface area contributed by atoms with E-state index in [1.165, 1.54) is 0 Å². The largest absolute Gasteiger partial charge is 0.392 e. The van der Waals surface area contributed by atoms with Gasteiger partial charge in [-0.25, -0.2) is 0 Å². The fraction of sp³-hybridized carbons (Fsp3) is 1.00. The molecule has 2 aliphatic carbocycles. The molecule has 0 aromatic heterocycles. The molecule has 2 rings (SSSR count). The molecule has 4 unspecified atom stereocenters. The first-order chi connectivity index (χ1) is 8.92. The van der Waals surface area contributed by atoms with E-state index < -0.39 is 28.8 Å². The van der Waals surface area contributed by atoms with Gasteiger partial charge in [0.25, 0.3) is 0 Å². The summed E-state index contributed by atoms with van der Waals surface area (Å²) in [5.41, 5.74) is -3.43. The van der Waals surface area contributed by atoms with Gasteiger partial charge in [-0.2, -0.15) is 0 Å². The summed E-state index contributed by atoms with van der Waals surface area (Å²) in [5.74, 6) is 0. The van der Waals surface area contributed by atoms with E-state index in [1.54, 1.807) is 13.8 Å². The summed E-state index contributed by atoms with van der Waals surface area (Å²) in [6.45, 7) is 7.57. The first-order valence-corrected chi connectivity index (χ1v) is 7.73. The Morgan fingerprint density at radius 2 is 1.30 bits per heavy atom. The van der Waals surface area contributed by atoms with Crippen LogP contribution in [0.15, 0.2) is 0 Å². The lowest BCUT2D eigenvalue weighted by molar-refractivity contribution is -0.249. The van der Waals surface area contributed by atoms with Crippen LogP contribution in [0.3, 0.4) is 0 Å². The van der Waals surface area contributed by atoms with Gasteiger partial charge in [0.15, 0.2) is 0 Å². The summed E-state index contributed by atoms with van der Waals surface area (Å²) in [6, 6.07) is 0. The van der Waals surface area contributed by atoms with Crippen molar-refractivity contribution >= 4 is 0 Å². The van der Waals surface area contributed by atoms with Crippen molar-refractivity contribution in [1.82, 2.24) is 0 Å². The van der Waals surface area contributed by atoms with E-state index in [9.17, 15) is 20.4 Å². The molecule has 2 aliphatic rings. The number of aliphatic hydroxyl groups excluding tert-OH is 2. The van der Waals surface area contributed by atoms with Crippen molar-refractivity contribution in [3.63, 3.8) is 0 Å². The number of hydrogen-bond donors (Lipinski definition) is 4. The highest BCUT2D eigenvalue weighted by Crippen LogP contribution is 2.56. The lowest BCUT2D eigenvalue weighted by Gasteiger charge is -2.59. The molecule has 118 valence electrons. The fourth-order valence-corrected chi connectivity index (χ4v) is 4.97. The third-order valence-corrected chi connectivity index (χ3v) is 5.65. The van der Waals surface area contributed by atoms with Gasteiger partial charge < -0.3 is 20.4 Å². The van der Waals surface area contributed by atoms with Crippen LogP contribution in [-0.4, -0.2) is 43.8 Å². The van der Waals surface area contributed by atoms with E-state index in [1.807, 2.05) is 13.8 Å². The second kappa shape index (κ2) is 4.67. The van der Waals surface area contributed by atoms with E-state index in [0.29, 0.717) is 25.7 Å². The highest BCUT2D eigenvalue weighted by atomic mass is 16.3. The molecule has 0 amide bonds. The fourth-order valence-electron chi connectivity index (χ4n) is 4.97. The monoisotopic (exact) mass is 286 g/mol. The SMILES string of the molecule is CC1(C)CC(C)(O)CC(O)(C2(C)C(O)CCCC2O)C1. The Hall–Kier alpha value is -0.160. The molecule has 0 heterocycles. The highest BCUT2D eigenvalue weighted by Gasteiger charge is 2.62. The zero-order chi connectivity index (χ0) is 15.4. The van der Waals surface area contributed by atoms with Crippen molar-refractivity contribution in [3.05, 3.63) is 0 Å². The zero-order valence-corrected chi connectivity index (χ0v) is 13.2. The Morgan fingerprint density at radius 3 is 1.75 bits per heavy atom. The van der Waals surface area contributed by atoms with Gasteiger partial charge in [0.05, 0.1) is 23.4 Å². The standard InChI is InChI=1S/C16H30O4/c1-13(2)8-14(3,19)10-16(20,9-13)15(4)11(17)6-5-7-12(15)18/h11-12,17-20H,5-10H2,1-4H3. The third kappa shape index (κ3) is 2.52. The van der Waals surface area contributed by atoms with Crippen molar-refractivity contribution in [2.75, 3.05) is 0 Å². The van der Waals surface area contributed by atoms with Crippen molar-refractivity contribution in [2.24, 2.45) is 10.8 Å². The minimum atomic E-state index is -1.25. The minimum Gasteiger partial charge on any atom is -0.392 e. The molecular formula is C16H30O4. The van der Waals surface area contributed by atoms with Gasteiger partial charge in [-0.15, -0.1) is 0 Å². The quantitative estimate of drug-likeness (QED) is 0.590. The van der Waals surface area contributed by atoms with Crippen LogP contribution in [0.5, 0.6) is 0 Å². The molecular weight excluding hydrogens is 256 g/mol. The molecule has 0 spiro atoms. The van der Waals surface area contributed by atoms with E-state index >= 15 is 0 Å². The van der Waals surface area contributed by atoms with Gasteiger partial charge in [-0.05, 0) is 44.4 Å². The minimum absolute atomic E-state index is 0.202. The topological polar surface area (TPSA) is 80.9 Å². The van der Waals surface area contributed by atoms with Gasteiger partial charge in [-0.3, -0.25) is 0 Å². The molecule has 20 heavy (non-hydrogen) atoms. The van der Waals surface area contributed by atoms with Crippen LogP contribution in [0.25, 0.3) is 0 Å². The third-order valence-electron chi connectivity index (χ3n) is 5.65. The predicted molar refractivity (Wildman–Crippen MR) is 77.2 cm³/mol. The average molecular weight is 286 g/mol.